The first-order chi connectivity index (χ1) is 16.3. The molecular weight excluding hydrogens is 502 g/mol. The molecule has 0 saturated heterocycles. The number of amides is 2. The van der Waals surface area contributed by atoms with Crippen molar-refractivity contribution in [3.05, 3.63) is 81.1 Å². The average Bonchev–Trinajstić information content (AvgIpc) is 3.04. The number of rotatable bonds is 5. The molecule has 0 spiro atoms. The van der Waals surface area contributed by atoms with Gasteiger partial charge in [-0.25, -0.2) is 0 Å². The van der Waals surface area contributed by atoms with Crippen molar-refractivity contribution < 1.29 is 35.5 Å². The van der Waals surface area contributed by atoms with Crippen LogP contribution in [0.25, 0.3) is 17.8 Å². The summed E-state index contributed by atoms with van der Waals surface area (Å²) in [4.78, 5) is 35.6. The Morgan fingerprint density at radius 1 is 0.829 bits per heavy atom. The summed E-state index contributed by atoms with van der Waals surface area (Å²) >= 11 is 0. The molecule has 0 bridgehead atoms. The lowest BCUT2D eigenvalue weighted by Gasteiger charge is -2.13. The van der Waals surface area contributed by atoms with Crippen LogP contribution in [0.15, 0.2) is 63.1 Å². The molecule has 1 aliphatic rings. The second-order valence-electron chi connectivity index (χ2n) is 7.35. The maximum absolute atomic E-state index is 12.6. The number of carbonyl (C=O) groups is 2. The summed E-state index contributed by atoms with van der Waals surface area (Å²) in [6.07, 6.45) is 2.74. The third-order valence-corrected chi connectivity index (χ3v) is 6.90. The standard InChI is InChI=1S/C21H15N3O9S2/c22-19-18-15(20(26)23-21(18)27)10-17(25)24(19)13-6-5-12(16(9-13)35(31,32)33)4-1-11-2-7-14(8-3-11)34(28,29)30/h1-10H,22H2,(H,23,26,27)(H,28,29,30)(H,31,32,33). The second-order valence-corrected chi connectivity index (χ2v) is 10.2. The number of nitrogens with zero attached hydrogens (tertiary/aromatic N) is 1. The third-order valence-electron chi connectivity index (χ3n) is 5.12. The van der Waals surface area contributed by atoms with Gasteiger partial charge >= 0.3 is 0 Å². The van der Waals surface area contributed by atoms with Crippen molar-refractivity contribution in [1.29, 1.82) is 0 Å². The summed E-state index contributed by atoms with van der Waals surface area (Å²) in [5.74, 6) is -1.99. The Hall–Kier alpha value is -4.11. The number of nitrogen functional groups attached to an aromatic ring is 1. The van der Waals surface area contributed by atoms with Crippen LogP contribution in [0.5, 0.6) is 0 Å². The Morgan fingerprint density at radius 3 is 2.09 bits per heavy atom. The lowest BCUT2D eigenvalue weighted by atomic mass is 10.1. The van der Waals surface area contributed by atoms with E-state index in [1.807, 2.05) is 5.32 Å². The largest absolute Gasteiger partial charge is 0.384 e. The quantitative estimate of drug-likeness (QED) is 0.214. The number of hydrogen-bond donors (Lipinski definition) is 4. The van der Waals surface area contributed by atoms with E-state index in [9.17, 15) is 35.8 Å². The summed E-state index contributed by atoms with van der Waals surface area (Å²) in [5, 5.41) is 2.02. The van der Waals surface area contributed by atoms with Crippen LogP contribution in [-0.2, 0) is 20.2 Å². The van der Waals surface area contributed by atoms with Gasteiger partial charge in [0.05, 0.1) is 21.7 Å². The molecule has 0 aliphatic carbocycles. The summed E-state index contributed by atoms with van der Waals surface area (Å²) in [5.41, 5.74) is 5.07. The minimum absolute atomic E-state index is 0.0100. The molecule has 0 saturated carbocycles. The Morgan fingerprint density at radius 2 is 1.49 bits per heavy atom. The molecular formula is C21H15N3O9S2. The summed E-state index contributed by atoms with van der Waals surface area (Å²) < 4.78 is 66.0. The molecule has 2 heterocycles. The van der Waals surface area contributed by atoms with E-state index in [-0.39, 0.29) is 33.1 Å². The number of benzene rings is 2. The van der Waals surface area contributed by atoms with E-state index in [2.05, 4.69) is 0 Å². The van der Waals surface area contributed by atoms with Crippen LogP contribution in [0.2, 0.25) is 0 Å². The fourth-order valence-electron chi connectivity index (χ4n) is 3.51. The van der Waals surface area contributed by atoms with Gasteiger partial charge in [0.1, 0.15) is 10.7 Å². The highest BCUT2D eigenvalue weighted by atomic mass is 32.2. The number of aromatic nitrogens is 1. The molecule has 0 unspecified atom stereocenters. The van der Waals surface area contributed by atoms with Gasteiger partial charge in [0.15, 0.2) is 0 Å². The minimum atomic E-state index is -4.80. The van der Waals surface area contributed by atoms with Crippen LogP contribution in [0.4, 0.5) is 5.82 Å². The smallest absolute Gasteiger partial charge is 0.295 e. The highest BCUT2D eigenvalue weighted by Crippen LogP contribution is 2.26. The molecule has 0 radical (unpaired) electrons. The molecule has 2 aromatic carbocycles. The van der Waals surface area contributed by atoms with Crippen LogP contribution in [0.3, 0.4) is 0 Å². The van der Waals surface area contributed by atoms with E-state index >= 15 is 0 Å². The molecule has 0 atom stereocenters. The van der Waals surface area contributed by atoms with Gasteiger partial charge in [-0.2, -0.15) is 16.8 Å². The van der Waals surface area contributed by atoms with E-state index in [4.69, 9.17) is 10.3 Å². The summed E-state index contributed by atoms with van der Waals surface area (Å²) in [7, 11) is -9.18. The normalized spacial score (nSPS) is 13.8. The molecule has 12 nitrogen and oxygen atoms in total. The molecule has 180 valence electrons. The Labute approximate surface area is 197 Å². The SMILES string of the molecule is Nc1c2c(cc(=O)n1-c1ccc(C=Cc3ccc(S(=O)(=O)O)cc3)c(S(=O)(=O)O)c1)C(=O)NC2=O. The van der Waals surface area contributed by atoms with Crippen molar-refractivity contribution in [3.8, 4) is 5.69 Å². The van der Waals surface area contributed by atoms with Crippen LogP contribution < -0.4 is 16.6 Å². The summed E-state index contributed by atoms with van der Waals surface area (Å²) in [6.45, 7) is 0. The first-order valence-corrected chi connectivity index (χ1v) is 12.4. The zero-order valence-electron chi connectivity index (χ0n) is 17.4. The van der Waals surface area contributed by atoms with Crippen LogP contribution in [0, 0.1) is 0 Å². The van der Waals surface area contributed by atoms with Gasteiger partial charge in [-0.1, -0.05) is 30.4 Å². The topological polar surface area (TPSA) is 203 Å². The van der Waals surface area contributed by atoms with Crippen molar-refractivity contribution >= 4 is 50.0 Å². The van der Waals surface area contributed by atoms with Gasteiger partial charge in [0.25, 0.3) is 37.6 Å². The number of fused-ring (bicyclic) bond motifs is 1. The Bertz CT molecular complexity index is 1720. The van der Waals surface area contributed by atoms with Crippen molar-refractivity contribution in [2.75, 3.05) is 5.73 Å². The number of imide groups is 1. The maximum atomic E-state index is 12.6. The third kappa shape index (κ3) is 4.50. The van der Waals surface area contributed by atoms with Crippen molar-refractivity contribution in [3.63, 3.8) is 0 Å². The van der Waals surface area contributed by atoms with Gasteiger partial charge in [0.2, 0.25) is 0 Å². The highest BCUT2D eigenvalue weighted by molar-refractivity contribution is 7.86. The minimum Gasteiger partial charge on any atom is -0.384 e. The molecule has 5 N–H and O–H groups in total. The van der Waals surface area contributed by atoms with Crippen LogP contribution in [-0.4, -0.2) is 42.3 Å². The summed E-state index contributed by atoms with van der Waals surface area (Å²) in [6, 6.07) is 9.45. The van der Waals surface area contributed by atoms with Gasteiger partial charge in [0, 0.05) is 6.07 Å². The van der Waals surface area contributed by atoms with E-state index in [0.29, 0.717) is 5.56 Å². The van der Waals surface area contributed by atoms with Gasteiger partial charge in [-0.05, 0) is 35.4 Å². The zero-order valence-corrected chi connectivity index (χ0v) is 19.0. The first-order valence-electron chi connectivity index (χ1n) is 9.56. The van der Waals surface area contributed by atoms with E-state index < -0.39 is 42.5 Å². The number of pyridine rings is 1. The highest BCUT2D eigenvalue weighted by Gasteiger charge is 2.32. The van der Waals surface area contributed by atoms with E-state index in [1.165, 1.54) is 36.4 Å². The number of anilines is 1. The Balaban J connectivity index is 1.80. The predicted octanol–water partition coefficient (Wildman–Crippen LogP) is 0.967. The predicted molar refractivity (Wildman–Crippen MR) is 123 cm³/mol. The lowest BCUT2D eigenvalue weighted by molar-refractivity contribution is 0.0879. The number of nitrogens with one attached hydrogen (secondary N) is 1. The molecule has 35 heavy (non-hydrogen) atoms. The molecule has 3 aromatic rings. The van der Waals surface area contributed by atoms with Crippen LogP contribution in [0.1, 0.15) is 31.8 Å². The second kappa shape index (κ2) is 8.28. The molecule has 2 amide bonds. The van der Waals surface area contributed by atoms with Gasteiger partial charge in [-0.3, -0.25) is 33.4 Å². The van der Waals surface area contributed by atoms with E-state index in [0.717, 1.165) is 28.8 Å². The van der Waals surface area contributed by atoms with Gasteiger partial charge < -0.3 is 5.73 Å². The van der Waals surface area contributed by atoms with Crippen LogP contribution >= 0.6 is 0 Å². The monoisotopic (exact) mass is 517 g/mol. The van der Waals surface area contributed by atoms with E-state index in [1.54, 1.807) is 0 Å². The number of hydrogen-bond acceptors (Lipinski definition) is 8. The maximum Gasteiger partial charge on any atom is 0.295 e. The molecule has 4 rings (SSSR count). The first kappa shape index (κ1) is 24.0. The molecule has 14 heteroatoms. The number of carbonyl (C=O) groups excluding carboxylic acids is 2. The molecule has 0 fully saturated rings. The fourth-order valence-corrected chi connectivity index (χ4v) is 4.69. The zero-order chi connectivity index (χ0) is 25.7. The average molecular weight is 517 g/mol. The van der Waals surface area contributed by atoms with Crippen molar-refractivity contribution in [2.24, 2.45) is 0 Å². The lowest BCUT2D eigenvalue weighted by Crippen LogP contribution is -2.24. The van der Waals surface area contributed by atoms with Crippen molar-refractivity contribution in [1.82, 2.24) is 9.88 Å². The molecule has 1 aromatic heterocycles. The Kier molecular flexibility index (Phi) is 5.68. The van der Waals surface area contributed by atoms with Crippen molar-refractivity contribution in [2.45, 2.75) is 9.79 Å². The van der Waals surface area contributed by atoms with Gasteiger partial charge in [-0.15, -0.1) is 0 Å². The molecule has 1 aliphatic heterocycles. The number of nitrogens with two attached hydrogens (primary N) is 1. The fraction of sp³-hybridized carbons (Fsp3) is 0.